The van der Waals surface area contributed by atoms with E-state index in [0.29, 0.717) is 5.69 Å². The summed E-state index contributed by atoms with van der Waals surface area (Å²) in [5.41, 5.74) is 6.01. The number of carbonyl (C=O) groups excluding carboxylic acids is 1. The minimum Gasteiger partial charge on any atom is -0.474 e. The number of carboxylic acids is 1. The average Bonchev–Trinajstić information content (AvgIpc) is 2.20. The number of anilines is 2. The van der Waals surface area contributed by atoms with Crippen LogP contribution in [0.5, 0.6) is 0 Å². The van der Waals surface area contributed by atoms with Gasteiger partial charge in [-0.25, -0.2) is 4.79 Å². The molecular weight excluding hydrogens is 198 g/mol. The maximum Gasteiger partial charge on any atom is 0.394 e. The molecule has 0 saturated heterocycles. The van der Waals surface area contributed by atoms with Gasteiger partial charge in [0.15, 0.2) is 0 Å². The molecule has 0 unspecified atom stereocenters. The molecule has 4 N–H and O–H groups in total. The number of rotatable bonds is 1. The number of nitrogens with one attached hydrogen (secondary N) is 1. The van der Waals surface area contributed by atoms with Gasteiger partial charge in [-0.1, -0.05) is 0 Å². The van der Waals surface area contributed by atoms with Crippen LogP contribution in [-0.4, -0.2) is 17.0 Å². The molecule has 0 fully saturated rings. The van der Waals surface area contributed by atoms with Crippen molar-refractivity contribution < 1.29 is 14.7 Å². The van der Waals surface area contributed by atoms with Gasteiger partial charge in [-0.15, -0.1) is 0 Å². The minimum absolute atomic E-state index is 0.115. The lowest BCUT2D eigenvalue weighted by atomic mass is 10.1. The third-order valence-electron chi connectivity index (χ3n) is 1.61. The lowest BCUT2D eigenvalue weighted by molar-refractivity contribution is -0.147. The van der Waals surface area contributed by atoms with Crippen LogP contribution in [0.1, 0.15) is 5.56 Å². The van der Waals surface area contributed by atoms with Gasteiger partial charge in [0.05, 0.1) is 11.3 Å². The van der Waals surface area contributed by atoms with E-state index in [-0.39, 0.29) is 11.3 Å². The highest BCUT2D eigenvalue weighted by atomic mass is 16.4. The topological polar surface area (TPSA) is 116 Å². The summed E-state index contributed by atoms with van der Waals surface area (Å²) in [6.45, 7) is 0. The van der Waals surface area contributed by atoms with E-state index in [4.69, 9.17) is 16.1 Å². The van der Waals surface area contributed by atoms with Crippen LogP contribution >= 0.6 is 0 Å². The number of nitriles is 1. The molecule has 0 aliphatic heterocycles. The standard InChI is InChI=1S/C9H7N3O3/c10-4-5-3-6(11)1-2-7(5)12-8(13)9(14)15/h1-3H,11H2,(H,12,13)(H,14,15). The molecule has 15 heavy (non-hydrogen) atoms. The highest BCUT2D eigenvalue weighted by Crippen LogP contribution is 2.17. The number of benzene rings is 1. The Morgan fingerprint density at radius 3 is 2.67 bits per heavy atom. The van der Waals surface area contributed by atoms with E-state index in [0.717, 1.165) is 0 Å². The van der Waals surface area contributed by atoms with Crippen molar-refractivity contribution in [3.63, 3.8) is 0 Å². The van der Waals surface area contributed by atoms with Crippen molar-refractivity contribution in [1.29, 1.82) is 5.26 Å². The molecule has 0 atom stereocenters. The fraction of sp³-hybridized carbons (Fsp3) is 0. The van der Waals surface area contributed by atoms with Crippen LogP contribution in [0.2, 0.25) is 0 Å². The second kappa shape index (κ2) is 4.11. The number of nitrogens with two attached hydrogens (primary N) is 1. The third kappa shape index (κ3) is 2.45. The molecule has 1 amide bonds. The first-order valence-corrected chi connectivity index (χ1v) is 3.88. The highest BCUT2D eigenvalue weighted by molar-refractivity contribution is 6.36. The van der Waals surface area contributed by atoms with Crippen LogP contribution in [0.25, 0.3) is 0 Å². The molecule has 1 rings (SSSR count). The van der Waals surface area contributed by atoms with Gasteiger partial charge < -0.3 is 16.2 Å². The summed E-state index contributed by atoms with van der Waals surface area (Å²) >= 11 is 0. The zero-order chi connectivity index (χ0) is 11.4. The van der Waals surface area contributed by atoms with Crippen LogP contribution in [0.15, 0.2) is 18.2 Å². The summed E-state index contributed by atoms with van der Waals surface area (Å²) in [5.74, 6) is -2.81. The van der Waals surface area contributed by atoms with E-state index in [1.807, 2.05) is 0 Å². The molecule has 0 spiro atoms. The van der Waals surface area contributed by atoms with Gasteiger partial charge in [-0.2, -0.15) is 5.26 Å². The number of carbonyl (C=O) groups is 2. The van der Waals surface area contributed by atoms with Crippen LogP contribution in [0, 0.1) is 11.3 Å². The van der Waals surface area contributed by atoms with Crippen molar-refractivity contribution in [1.82, 2.24) is 0 Å². The van der Waals surface area contributed by atoms with E-state index in [9.17, 15) is 9.59 Å². The molecule has 0 radical (unpaired) electrons. The fourth-order valence-corrected chi connectivity index (χ4v) is 0.939. The predicted molar refractivity (Wildman–Crippen MR) is 51.8 cm³/mol. The van der Waals surface area contributed by atoms with E-state index >= 15 is 0 Å². The van der Waals surface area contributed by atoms with E-state index < -0.39 is 11.9 Å². The highest BCUT2D eigenvalue weighted by Gasteiger charge is 2.13. The Morgan fingerprint density at radius 1 is 1.47 bits per heavy atom. The Kier molecular flexibility index (Phi) is 2.88. The SMILES string of the molecule is N#Cc1cc(N)ccc1NC(=O)C(=O)O. The normalized spacial score (nSPS) is 9.00. The summed E-state index contributed by atoms with van der Waals surface area (Å²) in [4.78, 5) is 21.1. The number of nitrogen functional groups attached to an aromatic ring is 1. The van der Waals surface area contributed by atoms with Crippen LogP contribution in [0.4, 0.5) is 11.4 Å². The lowest BCUT2D eigenvalue weighted by Crippen LogP contribution is -2.22. The third-order valence-corrected chi connectivity index (χ3v) is 1.61. The quantitative estimate of drug-likeness (QED) is 0.446. The molecule has 0 aliphatic rings. The minimum atomic E-state index is -1.62. The maximum atomic E-state index is 10.8. The summed E-state index contributed by atoms with van der Waals surface area (Å²) < 4.78 is 0. The Hall–Kier alpha value is -2.55. The molecular formula is C9H7N3O3. The molecule has 6 heteroatoms. The smallest absolute Gasteiger partial charge is 0.394 e. The number of nitrogens with zero attached hydrogens (tertiary/aromatic N) is 1. The summed E-state index contributed by atoms with van der Waals surface area (Å²) in [6.07, 6.45) is 0. The second-order valence-electron chi connectivity index (χ2n) is 2.68. The molecule has 6 nitrogen and oxygen atoms in total. The summed E-state index contributed by atoms with van der Waals surface area (Å²) in [6, 6.07) is 5.96. The number of aliphatic carboxylic acids is 1. The van der Waals surface area contributed by atoms with Gasteiger partial charge in [0.25, 0.3) is 0 Å². The first kappa shape index (κ1) is 10.5. The van der Waals surface area contributed by atoms with Crippen molar-refractivity contribution in [2.45, 2.75) is 0 Å². The van der Waals surface area contributed by atoms with Crippen molar-refractivity contribution in [3.05, 3.63) is 23.8 Å². The van der Waals surface area contributed by atoms with Gasteiger partial charge in [0, 0.05) is 5.69 Å². The number of amides is 1. The van der Waals surface area contributed by atoms with E-state index in [1.54, 1.807) is 6.07 Å². The van der Waals surface area contributed by atoms with Crippen molar-refractivity contribution in [2.75, 3.05) is 11.1 Å². The van der Waals surface area contributed by atoms with Gasteiger partial charge in [0.2, 0.25) is 0 Å². The summed E-state index contributed by atoms with van der Waals surface area (Å²) in [7, 11) is 0. The van der Waals surface area contributed by atoms with E-state index in [2.05, 4.69) is 5.32 Å². The zero-order valence-electron chi connectivity index (χ0n) is 7.52. The monoisotopic (exact) mass is 205 g/mol. The first-order chi connectivity index (χ1) is 7.04. The maximum absolute atomic E-state index is 10.8. The van der Waals surface area contributed by atoms with Gasteiger partial charge in [-0.3, -0.25) is 4.79 Å². The van der Waals surface area contributed by atoms with Crippen molar-refractivity contribution >= 4 is 23.3 Å². The Balaban J connectivity index is 3.01. The Labute approximate surface area is 84.9 Å². The van der Waals surface area contributed by atoms with Gasteiger partial charge in [0.1, 0.15) is 6.07 Å². The number of hydrogen-bond acceptors (Lipinski definition) is 4. The second-order valence-corrected chi connectivity index (χ2v) is 2.68. The number of hydrogen-bond donors (Lipinski definition) is 3. The van der Waals surface area contributed by atoms with Crippen LogP contribution in [-0.2, 0) is 9.59 Å². The molecule has 0 bridgehead atoms. The molecule has 0 aliphatic carbocycles. The van der Waals surface area contributed by atoms with Gasteiger partial charge in [-0.05, 0) is 18.2 Å². The molecule has 1 aromatic rings. The largest absolute Gasteiger partial charge is 0.474 e. The van der Waals surface area contributed by atoms with Crippen molar-refractivity contribution in [2.24, 2.45) is 0 Å². The summed E-state index contributed by atoms with van der Waals surface area (Å²) in [5, 5.41) is 19.1. The first-order valence-electron chi connectivity index (χ1n) is 3.88. The van der Waals surface area contributed by atoms with Crippen LogP contribution in [0.3, 0.4) is 0 Å². The molecule has 0 heterocycles. The Morgan fingerprint density at radius 2 is 2.13 bits per heavy atom. The van der Waals surface area contributed by atoms with E-state index in [1.165, 1.54) is 18.2 Å². The lowest BCUT2D eigenvalue weighted by Gasteiger charge is -2.04. The zero-order valence-corrected chi connectivity index (χ0v) is 7.52. The number of carboxylic acid groups (broad SMARTS) is 1. The Bertz CT molecular complexity index is 462. The molecule has 76 valence electrons. The van der Waals surface area contributed by atoms with Crippen LogP contribution < -0.4 is 11.1 Å². The fourth-order valence-electron chi connectivity index (χ4n) is 0.939. The predicted octanol–water partition coefficient (Wildman–Crippen LogP) is 0.164. The van der Waals surface area contributed by atoms with Gasteiger partial charge >= 0.3 is 11.9 Å². The van der Waals surface area contributed by atoms with Crippen molar-refractivity contribution in [3.8, 4) is 6.07 Å². The molecule has 0 saturated carbocycles. The molecule has 1 aromatic carbocycles. The average molecular weight is 205 g/mol. The molecule has 0 aromatic heterocycles.